The molecular weight excluding hydrogens is 242 g/mol. The third-order valence-electron chi connectivity index (χ3n) is 2.91. The van der Waals surface area contributed by atoms with Crippen LogP contribution in [0, 0.1) is 5.92 Å². The quantitative estimate of drug-likeness (QED) is 0.870. The SMILES string of the molecule is OCC(Nc1cccc(Cl)c1)C1CCSC1. The van der Waals surface area contributed by atoms with Crippen LogP contribution in [0.2, 0.25) is 5.02 Å². The lowest BCUT2D eigenvalue weighted by atomic mass is 9.99. The predicted molar refractivity (Wildman–Crippen MR) is 71.4 cm³/mol. The smallest absolute Gasteiger partial charge is 0.0635 e. The van der Waals surface area contributed by atoms with Crippen molar-refractivity contribution in [1.29, 1.82) is 0 Å². The summed E-state index contributed by atoms with van der Waals surface area (Å²) in [4.78, 5) is 0. The molecule has 1 fully saturated rings. The molecule has 2 rings (SSSR count). The van der Waals surface area contributed by atoms with Crippen LogP contribution in [0.25, 0.3) is 0 Å². The van der Waals surface area contributed by atoms with E-state index in [1.54, 1.807) is 0 Å². The van der Waals surface area contributed by atoms with Crippen LogP contribution in [-0.2, 0) is 0 Å². The summed E-state index contributed by atoms with van der Waals surface area (Å²) in [5.74, 6) is 2.91. The van der Waals surface area contributed by atoms with Crippen molar-refractivity contribution >= 4 is 29.1 Å². The Balaban J connectivity index is 2.00. The number of benzene rings is 1. The summed E-state index contributed by atoms with van der Waals surface area (Å²) in [6.07, 6.45) is 1.18. The number of thioether (sulfide) groups is 1. The molecule has 1 aromatic carbocycles. The second kappa shape index (κ2) is 5.80. The lowest BCUT2D eigenvalue weighted by Crippen LogP contribution is -2.32. The number of nitrogens with one attached hydrogen (secondary N) is 1. The summed E-state index contributed by atoms with van der Waals surface area (Å²) in [5, 5.41) is 13.5. The van der Waals surface area contributed by atoms with Crippen molar-refractivity contribution in [3.05, 3.63) is 29.3 Å². The van der Waals surface area contributed by atoms with E-state index >= 15 is 0 Å². The van der Waals surface area contributed by atoms with Gasteiger partial charge in [0.05, 0.1) is 12.6 Å². The van der Waals surface area contributed by atoms with E-state index in [2.05, 4.69) is 5.32 Å². The topological polar surface area (TPSA) is 32.3 Å². The molecule has 0 aromatic heterocycles. The van der Waals surface area contributed by atoms with Gasteiger partial charge < -0.3 is 10.4 Å². The molecule has 2 nitrogen and oxygen atoms in total. The lowest BCUT2D eigenvalue weighted by molar-refractivity contribution is 0.245. The molecule has 0 bridgehead atoms. The predicted octanol–water partition coefficient (Wildman–Crippen LogP) is 2.87. The van der Waals surface area contributed by atoms with E-state index in [0.29, 0.717) is 5.92 Å². The zero-order valence-corrected chi connectivity index (χ0v) is 10.6. The highest BCUT2D eigenvalue weighted by Crippen LogP contribution is 2.28. The summed E-state index contributed by atoms with van der Waals surface area (Å²) >= 11 is 7.89. The van der Waals surface area contributed by atoms with Crippen molar-refractivity contribution < 1.29 is 5.11 Å². The van der Waals surface area contributed by atoms with Crippen molar-refractivity contribution in [2.24, 2.45) is 5.92 Å². The first-order valence-electron chi connectivity index (χ1n) is 5.50. The van der Waals surface area contributed by atoms with Crippen molar-refractivity contribution in [1.82, 2.24) is 0 Å². The van der Waals surface area contributed by atoms with Crippen molar-refractivity contribution in [2.45, 2.75) is 12.5 Å². The summed E-state index contributed by atoms with van der Waals surface area (Å²) in [5.41, 5.74) is 0.989. The van der Waals surface area contributed by atoms with Gasteiger partial charge in [-0.2, -0.15) is 11.8 Å². The zero-order chi connectivity index (χ0) is 11.4. The fraction of sp³-hybridized carbons (Fsp3) is 0.500. The Labute approximate surface area is 105 Å². The Bertz CT molecular complexity index is 342. The van der Waals surface area contributed by atoms with E-state index in [0.717, 1.165) is 16.5 Å². The van der Waals surface area contributed by atoms with Crippen LogP contribution in [0.15, 0.2) is 24.3 Å². The molecule has 1 aromatic rings. The molecule has 0 radical (unpaired) electrons. The fourth-order valence-electron chi connectivity index (χ4n) is 1.97. The van der Waals surface area contributed by atoms with E-state index in [-0.39, 0.29) is 12.6 Å². The number of hydrogen-bond acceptors (Lipinski definition) is 3. The Morgan fingerprint density at radius 2 is 2.44 bits per heavy atom. The van der Waals surface area contributed by atoms with Gasteiger partial charge in [0.2, 0.25) is 0 Å². The van der Waals surface area contributed by atoms with Crippen LogP contribution in [0.4, 0.5) is 5.69 Å². The largest absolute Gasteiger partial charge is 0.394 e. The van der Waals surface area contributed by atoms with Gasteiger partial charge in [-0.3, -0.25) is 0 Å². The van der Waals surface area contributed by atoms with Crippen LogP contribution < -0.4 is 5.32 Å². The average molecular weight is 258 g/mol. The maximum atomic E-state index is 9.41. The normalized spacial score (nSPS) is 22.0. The van der Waals surface area contributed by atoms with Gasteiger partial charge >= 0.3 is 0 Å². The molecule has 2 N–H and O–H groups in total. The van der Waals surface area contributed by atoms with Gasteiger partial charge in [0, 0.05) is 10.7 Å². The minimum atomic E-state index is 0.147. The maximum absolute atomic E-state index is 9.41. The molecule has 4 heteroatoms. The summed E-state index contributed by atoms with van der Waals surface area (Å²) in [7, 11) is 0. The van der Waals surface area contributed by atoms with Gasteiger partial charge in [0.25, 0.3) is 0 Å². The van der Waals surface area contributed by atoms with E-state index in [4.69, 9.17) is 11.6 Å². The van der Waals surface area contributed by atoms with Crippen LogP contribution >= 0.6 is 23.4 Å². The third-order valence-corrected chi connectivity index (χ3v) is 4.33. The second-order valence-electron chi connectivity index (χ2n) is 4.07. The fourth-order valence-corrected chi connectivity index (χ4v) is 3.50. The lowest BCUT2D eigenvalue weighted by Gasteiger charge is -2.23. The highest BCUT2D eigenvalue weighted by molar-refractivity contribution is 7.99. The van der Waals surface area contributed by atoms with E-state index < -0.39 is 0 Å². The number of rotatable bonds is 4. The molecule has 2 unspecified atom stereocenters. The van der Waals surface area contributed by atoms with E-state index in [1.807, 2.05) is 36.0 Å². The molecule has 1 aliphatic heterocycles. The molecule has 0 aliphatic carbocycles. The molecule has 1 heterocycles. The van der Waals surface area contributed by atoms with Crippen LogP contribution in [0.3, 0.4) is 0 Å². The van der Waals surface area contributed by atoms with Crippen molar-refractivity contribution in [3.8, 4) is 0 Å². The molecule has 0 spiro atoms. The monoisotopic (exact) mass is 257 g/mol. The molecule has 1 aliphatic rings. The van der Waals surface area contributed by atoms with Gasteiger partial charge in [-0.05, 0) is 42.0 Å². The highest BCUT2D eigenvalue weighted by Gasteiger charge is 2.24. The number of halogens is 1. The first kappa shape index (κ1) is 12.1. The van der Waals surface area contributed by atoms with Gasteiger partial charge in [-0.15, -0.1) is 0 Å². The van der Waals surface area contributed by atoms with Crippen LogP contribution in [0.5, 0.6) is 0 Å². The molecule has 1 saturated heterocycles. The zero-order valence-electron chi connectivity index (χ0n) is 9.03. The van der Waals surface area contributed by atoms with Gasteiger partial charge in [-0.1, -0.05) is 17.7 Å². The van der Waals surface area contributed by atoms with E-state index in [1.165, 1.54) is 12.2 Å². The number of hydrogen-bond donors (Lipinski definition) is 2. The first-order valence-corrected chi connectivity index (χ1v) is 7.03. The van der Waals surface area contributed by atoms with Crippen LogP contribution in [0.1, 0.15) is 6.42 Å². The van der Waals surface area contributed by atoms with Crippen molar-refractivity contribution in [2.75, 3.05) is 23.4 Å². The summed E-state index contributed by atoms with van der Waals surface area (Å²) < 4.78 is 0. The van der Waals surface area contributed by atoms with Crippen LogP contribution in [-0.4, -0.2) is 29.3 Å². The Morgan fingerprint density at radius 3 is 3.06 bits per heavy atom. The molecular formula is C12H16ClNOS. The molecule has 0 saturated carbocycles. The molecule has 88 valence electrons. The number of aliphatic hydroxyl groups excluding tert-OH is 1. The third kappa shape index (κ3) is 3.06. The molecule has 2 atom stereocenters. The minimum Gasteiger partial charge on any atom is -0.394 e. The maximum Gasteiger partial charge on any atom is 0.0635 e. The first-order chi connectivity index (χ1) is 7.79. The standard InChI is InChI=1S/C12H16ClNOS/c13-10-2-1-3-11(6-10)14-12(7-15)9-4-5-16-8-9/h1-3,6,9,12,14-15H,4-5,7-8H2. The Hall–Kier alpha value is -0.380. The van der Waals surface area contributed by atoms with E-state index in [9.17, 15) is 5.11 Å². The molecule has 16 heavy (non-hydrogen) atoms. The van der Waals surface area contributed by atoms with Crippen molar-refractivity contribution in [3.63, 3.8) is 0 Å². The molecule has 0 amide bonds. The van der Waals surface area contributed by atoms with Gasteiger partial charge in [0.1, 0.15) is 0 Å². The Kier molecular flexibility index (Phi) is 4.38. The highest BCUT2D eigenvalue weighted by atomic mass is 35.5. The number of anilines is 1. The second-order valence-corrected chi connectivity index (χ2v) is 5.65. The number of aliphatic hydroxyl groups is 1. The minimum absolute atomic E-state index is 0.147. The van der Waals surface area contributed by atoms with Gasteiger partial charge in [0.15, 0.2) is 0 Å². The average Bonchev–Trinajstić information content (AvgIpc) is 2.79. The van der Waals surface area contributed by atoms with Gasteiger partial charge in [-0.25, -0.2) is 0 Å². The summed E-state index contributed by atoms with van der Waals surface area (Å²) in [6.45, 7) is 0.178. The summed E-state index contributed by atoms with van der Waals surface area (Å²) in [6, 6.07) is 7.80. The Morgan fingerprint density at radius 1 is 1.56 bits per heavy atom.